The Bertz CT molecular complexity index is 456. The van der Waals surface area contributed by atoms with E-state index in [-0.39, 0.29) is 17.7 Å². The molecule has 184 valence electrons. The molecule has 6 nitrogen and oxygen atoms in total. The minimum atomic E-state index is -0.540. The van der Waals surface area contributed by atoms with Gasteiger partial charge < -0.3 is 30.4 Å². The second kappa shape index (κ2) is 13.6. The molecule has 0 bridgehead atoms. The first-order valence-electron chi connectivity index (χ1n) is 11.3. The SMILES string of the molecule is CC(COC(C)(C)COC(C)(C)C(C)N)NCC(O)COCCCS(C)(C)C(C)C. The van der Waals surface area contributed by atoms with Crippen molar-refractivity contribution in [1.82, 2.24) is 5.32 Å². The summed E-state index contributed by atoms with van der Waals surface area (Å²) >= 11 is 0. The Morgan fingerprint density at radius 3 is 2.13 bits per heavy atom. The molecule has 0 saturated carbocycles. The number of rotatable bonds is 17. The van der Waals surface area contributed by atoms with Crippen molar-refractivity contribution < 1.29 is 19.3 Å². The summed E-state index contributed by atoms with van der Waals surface area (Å²) in [6.45, 7) is 19.2. The summed E-state index contributed by atoms with van der Waals surface area (Å²) < 4.78 is 17.6. The van der Waals surface area contributed by atoms with E-state index in [4.69, 9.17) is 19.9 Å². The topological polar surface area (TPSA) is 86.0 Å². The summed E-state index contributed by atoms with van der Waals surface area (Å²) in [6.07, 6.45) is 5.31. The highest BCUT2D eigenvalue weighted by Crippen LogP contribution is 2.45. The summed E-state index contributed by atoms with van der Waals surface area (Å²) in [5, 5.41) is 14.2. The third-order valence-corrected chi connectivity index (χ3v) is 9.75. The maximum atomic E-state index is 10.1. The zero-order valence-corrected chi connectivity index (χ0v) is 22.2. The lowest BCUT2D eigenvalue weighted by atomic mass is 10.0. The van der Waals surface area contributed by atoms with E-state index in [1.165, 1.54) is 5.75 Å². The molecule has 0 aliphatic heterocycles. The van der Waals surface area contributed by atoms with Crippen LogP contribution in [0.2, 0.25) is 0 Å². The monoisotopic (exact) mass is 452 g/mol. The van der Waals surface area contributed by atoms with E-state index in [9.17, 15) is 5.11 Å². The van der Waals surface area contributed by atoms with Crippen LogP contribution in [0.15, 0.2) is 0 Å². The number of nitrogens with one attached hydrogen (secondary N) is 1. The van der Waals surface area contributed by atoms with Crippen LogP contribution < -0.4 is 11.1 Å². The third kappa shape index (κ3) is 13.5. The molecule has 0 spiro atoms. The van der Waals surface area contributed by atoms with Crippen molar-refractivity contribution in [3.05, 3.63) is 0 Å². The number of ether oxygens (including phenoxy) is 3. The van der Waals surface area contributed by atoms with E-state index in [1.54, 1.807) is 0 Å². The van der Waals surface area contributed by atoms with E-state index in [0.29, 0.717) is 33.0 Å². The van der Waals surface area contributed by atoms with Gasteiger partial charge in [0.1, 0.15) is 0 Å². The van der Waals surface area contributed by atoms with Gasteiger partial charge in [-0.2, -0.15) is 0 Å². The Hall–Kier alpha value is 0.110. The molecular formula is C23H52N2O4S. The molecule has 4 N–H and O–H groups in total. The van der Waals surface area contributed by atoms with Crippen LogP contribution in [0.1, 0.15) is 61.8 Å². The summed E-state index contributed by atoms with van der Waals surface area (Å²) in [5.41, 5.74) is 5.17. The van der Waals surface area contributed by atoms with Crippen molar-refractivity contribution in [3.63, 3.8) is 0 Å². The number of hydrogen-bond acceptors (Lipinski definition) is 6. The fourth-order valence-electron chi connectivity index (χ4n) is 2.33. The van der Waals surface area contributed by atoms with Gasteiger partial charge in [0.05, 0.1) is 37.1 Å². The zero-order chi connectivity index (χ0) is 23.6. The second-order valence-electron chi connectivity index (χ2n) is 10.5. The van der Waals surface area contributed by atoms with Crippen molar-refractivity contribution in [2.75, 3.05) is 51.2 Å². The van der Waals surface area contributed by atoms with E-state index in [1.807, 2.05) is 41.5 Å². The van der Waals surface area contributed by atoms with Gasteiger partial charge in [-0.05, 0) is 71.5 Å². The molecule has 7 heteroatoms. The summed E-state index contributed by atoms with van der Waals surface area (Å²) in [7, 11) is -0.540. The molecule has 0 heterocycles. The van der Waals surface area contributed by atoms with Gasteiger partial charge in [0.25, 0.3) is 0 Å². The van der Waals surface area contributed by atoms with E-state index in [0.717, 1.165) is 11.7 Å². The Balaban J connectivity index is 3.98. The molecule has 0 aromatic carbocycles. The summed E-state index contributed by atoms with van der Waals surface area (Å²) in [4.78, 5) is 0. The quantitative estimate of drug-likeness (QED) is 0.294. The van der Waals surface area contributed by atoms with Crippen LogP contribution in [0.25, 0.3) is 0 Å². The molecule has 0 aliphatic rings. The van der Waals surface area contributed by atoms with Gasteiger partial charge in [0, 0.05) is 25.2 Å². The minimum Gasteiger partial charge on any atom is -0.389 e. The Morgan fingerprint density at radius 2 is 1.60 bits per heavy atom. The predicted octanol–water partition coefficient (Wildman–Crippen LogP) is 3.14. The highest BCUT2D eigenvalue weighted by atomic mass is 32.3. The standard InChI is InChI=1S/C23H52N2O4S/c1-18(2)30(9,10)13-11-12-27-16-21(26)14-25-19(3)15-28-22(5,6)17-29-23(7,8)20(4)24/h18-21,25-26H,11-17,24H2,1-10H3. The van der Waals surface area contributed by atoms with Gasteiger partial charge in [-0.25, -0.2) is 10.0 Å². The number of nitrogens with two attached hydrogens (primary N) is 1. The third-order valence-electron chi connectivity index (χ3n) is 5.86. The smallest absolute Gasteiger partial charge is 0.0897 e. The van der Waals surface area contributed by atoms with Crippen LogP contribution in [0.5, 0.6) is 0 Å². The number of aliphatic hydroxyl groups is 1. The van der Waals surface area contributed by atoms with Gasteiger partial charge in [-0.1, -0.05) is 13.8 Å². The molecule has 0 aromatic heterocycles. The molecule has 0 fully saturated rings. The molecule has 0 aliphatic carbocycles. The molecule has 0 rings (SSSR count). The lowest BCUT2D eigenvalue weighted by molar-refractivity contribution is -0.128. The maximum Gasteiger partial charge on any atom is 0.0897 e. The van der Waals surface area contributed by atoms with Crippen LogP contribution in [-0.4, -0.2) is 91.0 Å². The number of aliphatic hydroxyl groups excluding tert-OH is 1. The van der Waals surface area contributed by atoms with Crippen LogP contribution in [-0.2, 0) is 14.2 Å². The lowest BCUT2D eigenvalue weighted by Crippen LogP contribution is -2.47. The molecule has 0 amide bonds. The molecule has 0 radical (unpaired) electrons. The first-order chi connectivity index (χ1) is 13.6. The van der Waals surface area contributed by atoms with Crippen LogP contribution in [0.4, 0.5) is 0 Å². The van der Waals surface area contributed by atoms with E-state index < -0.39 is 21.7 Å². The molecule has 0 aromatic rings. The van der Waals surface area contributed by atoms with Gasteiger partial charge in [0.15, 0.2) is 0 Å². The van der Waals surface area contributed by atoms with Gasteiger partial charge >= 0.3 is 0 Å². The average Bonchev–Trinajstić information content (AvgIpc) is 2.62. The van der Waals surface area contributed by atoms with E-state index >= 15 is 0 Å². The Morgan fingerprint density at radius 1 is 1.00 bits per heavy atom. The second-order valence-corrected chi connectivity index (χ2v) is 15.1. The predicted molar refractivity (Wildman–Crippen MR) is 132 cm³/mol. The summed E-state index contributed by atoms with van der Waals surface area (Å²) in [6, 6.07) is 0.0661. The summed E-state index contributed by atoms with van der Waals surface area (Å²) in [5.74, 6) is 1.22. The minimum absolute atomic E-state index is 0.0551. The van der Waals surface area contributed by atoms with Crippen LogP contribution >= 0.6 is 10.0 Å². The van der Waals surface area contributed by atoms with E-state index in [2.05, 4.69) is 31.7 Å². The first-order valence-corrected chi connectivity index (χ1v) is 14.0. The molecule has 30 heavy (non-hydrogen) atoms. The largest absolute Gasteiger partial charge is 0.389 e. The highest BCUT2D eigenvalue weighted by molar-refractivity contribution is 8.33. The fraction of sp³-hybridized carbons (Fsp3) is 1.00. The number of hydrogen-bond donors (Lipinski definition) is 3. The van der Waals surface area contributed by atoms with Crippen LogP contribution in [0.3, 0.4) is 0 Å². The fourth-order valence-corrected chi connectivity index (χ4v) is 3.66. The molecule has 3 atom stereocenters. The maximum absolute atomic E-state index is 10.1. The molecular weight excluding hydrogens is 400 g/mol. The van der Waals surface area contributed by atoms with Gasteiger partial charge in [-0.15, -0.1) is 0 Å². The van der Waals surface area contributed by atoms with Crippen molar-refractivity contribution in [1.29, 1.82) is 0 Å². The first kappa shape index (κ1) is 30.1. The van der Waals surface area contributed by atoms with Crippen molar-refractivity contribution in [3.8, 4) is 0 Å². The normalized spacial score (nSPS) is 17.2. The lowest BCUT2D eigenvalue weighted by Gasteiger charge is -2.35. The Labute approximate surface area is 188 Å². The average molecular weight is 453 g/mol. The van der Waals surface area contributed by atoms with Crippen LogP contribution in [0, 0.1) is 0 Å². The molecule has 0 saturated heterocycles. The Kier molecular flexibility index (Phi) is 13.7. The van der Waals surface area contributed by atoms with Crippen molar-refractivity contribution in [2.45, 2.75) is 96.5 Å². The van der Waals surface area contributed by atoms with Gasteiger partial charge in [-0.3, -0.25) is 0 Å². The van der Waals surface area contributed by atoms with Crippen molar-refractivity contribution in [2.24, 2.45) is 5.73 Å². The molecule has 3 unspecified atom stereocenters. The highest BCUT2D eigenvalue weighted by Gasteiger charge is 2.28. The van der Waals surface area contributed by atoms with Gasteiger partial charge in [0.2, 0.25) is 0 Å². The zero-order valence-electron chi connectivity index (χ0n) is 21.4. The van der Waals surface area contributed by atoms with Crippen molar-refractivity contribution >= 4 is 10.0 Å².